The summed E-state index contributed by atoms with van der Waals surface area (Å²) in [6.45, 7) is 1.18. The van der Waals surface area contributed by atoms with E-state index in [1.807, 2.05) is 0 Å². The lowest BCUT2D eigenvalue weighted by Gasteiger charge is -2.17. The van der Waals surface area contributed by atoms with Crippen molar-refractivity contribution in [3.05, 3.63) is 41.7 Å². The number of carbonyl (C=O) groups is 1. The maximum absolute atomic E-state index is 13.2. The summed E-state index contributed by atoms with van der Waals surface area (Å²) in [5, 5.41) is 7.53. The van der Waals surface area contributed by atoms with E-state index in [0.717, 1.165) is 23.6 Å². The smallest absolute Gasteiger partial charge is 0.337 e. The molecule has 4 rings (SSSR count). The van der Waals surface area contributed by atoms with Gasteiger partial charge in [-0.15, -0.1) is 5.10 Å². The van der Waals surface area contributed by atoms with Crippen LogP contribution in [0.25, 0.3) is 5.69 Å². The molecule has 1 aliphatic heterocycles. The van der Waals surface area contributed by atoms with Crippen LogP contribution in [0.2, 0.25) is 0 Å². The molecule has 1 amide bonds. The molecule has 1 saturated heterocycles. The van der Waals surface area contributed by atoms with E-state index in [1.165, 1.54) is 24.4 Å². The Morgan fingerprint density at radius 1 is 1.19 bits per heavy atom. The molecule has 2 aliphatic rings. The van der Waals surface area contributed by atoms with Gasteiger partial charge in [0.2, 0.25) is 0 Å². The van der Waals surface area contributed by atoms with Crippen LogP contribution in [0.4, 0.5) is 13.2 Å². The first-order chi connectivity index (χ1) is 12.3. The van der Waals surface area contributed by atoms with Crippen LogP contribution < -0.4 is 5.73 Å². The van der Waals surface area contributed by atoms with Crippen LogP contribution in [0.15, 0.2) is 30.5 Å². The minimum atomic E-state index is -4.52. The lowest BCUT2D eigenvalue weighted by Crippen LogP contribution is -2.33. The summed E-state index contributed by atoms with van der Waals surface area (Å²) in [7, 11) is 0. The predicted molar refractivity (Wildman–Crippen MR) is 86.5 cm³/mol. The third-order valence-electron chi connectivity index (χ3n) is 5.37. The van der Waals surface area contributed by atoms with Gasteiger partial charge in [-0.1, -0.05) is 17.3 Å². The fraction of sp³-hybridized carbons (Fsp3) is 0.471. The molecule has 3 atom stereocenters. The van der Waals surface area contributed by atoms with Crippen LogP contribution in [0.1, 0.15) is 28.9 Å². The molecule has 0 spiro atoms. The number of alkyl halides is 3. The van der Waals surface area contributed by atoms with Crippen LogP contribution >= 0.6 is 0 Å². The maximum Gasteiger partial charge on any atom is 0.418 e. The van der Waals surface area contributed by atoms with E-state index in [9.17, 15) is 18.0 Å². The molecule has 0 bridgehead atoms. The highest BCUT2D eigenvalue weighted by Gasteiger charge is 2.43. The van der Waals surface area contributed by atoms with Gasteiger partial charge < -0.3 is 10.6 Å². The van der Waals surface area contributed by atoms with Crippen molar-refractivity contribution < 1.29 is 18.0 Å². The van der Waals surface area contributed by atoms with Gasteiger partial charge in [0.1, 0.15) is 0 Å². The van der Waals surface area contributed by atoms with Crippen molar-refractivity contribution in [2.75, 3.05) is 13.1 Å². The Morgan fingerprint density at radius 3 is 2.69 bits per heavy atom. The van der Waals surface area contributed by atoms with Gasteiger partial charge in [-0.2, -0.15) is 13.2 Å². The number of aromatic nitrogens is 3. The Hall–Kier alpha value is -2.42. The van der Waals surface area contributed by atoms with Crippen molar-refractivity contribution >= 4 is 5.91 Å². The number of hydrogen-bond acceptors (Lipinski definition) is 4. The summed E-state index contributed by atoms with van der Waals surface area (Å²) in [6.07, 6.45) is -1.29. The zero-order valence-electron chi connectivity index (χ0n) is 13.9. The summed E-state index contributed by atoms with van der Waals surface area (Å²) in [5.74, 6) is 0.372. The van der Waals surface area contributed by atoms with Gasteiger partial charge in [-0.25, -0.2) is 4.68 Å². The van der Waals surface area contributed by atoms with E-state index in [4.69, 9.17) is 5.73 Å². The number of carbonyl (C=O) groups excluding carboxylic acids is 1. The largest absolute Gasteiger partial charge is 0.418 e. The number of nitrogens with two attached hydrogens (primary N) is 1. The number of fused-ring (bicyclic) bond motifs is 1. The third-order valence-corrected chi connectivity index (χ3v) is 5.37. The highest BCUT2D eigenvalue weighted by Crippen LogP contribution is 2.37. The molecular weight excluding hydrogens is 347 g/mol. The molecule has 1 aliphatic carbocycles. The number of hydrogen-bond donors (Lipinski definition) is 1. The summed E-state index contributed by atoms with van der Waals surface area (Å²) in [6, 6.07) is 5.16. The van der Waals surface area contributed by atoms with E-state index in [0.29, 0.717) is 24.9 Å². The zero-order chi connectivity index (χ0) is 18.5. The fourth-order valence-electron chi connectivity index (χ4n) is 4.03. The zero-order valence-corrected chi connectivity index (χ0v) is 13.9. The van der Waals surface area contributed by atoms with E-state index in [-0.39, 0.29) is 23.3 Å². The SMILES string of the molecule is NC1CCC2CN(C(=O)c3cn(-c4ccccc4C(F)(F)F)nn3)CC12. The maximum atomic E-state index is 13.2. The second kappa shape index (κ2) is 6.08. The monoisotopic (exact) mass is 365 g/mol. The molecule has 9 heteroatoms. The molecule has 6 nitrogen and oxygen atoms in total. The summed E-state index contributed by atoms with van der Waals surface area (Å²) in [5.41, 5.74) is 5.13. The minimum absolute atomic E-state index is 0.0375. The number of rotatable bonds is 2. The average Bonchev–Trinajstić information content (AvgIpc) is 3.31. The van der Waals surface area contributed by atoms with Crippen LogP contribution in [-0.4, -0.2) is 44.9 Å². The number of nitrogens with zero attached hydrogens (tertiary/aromatic N) is 4. The second-order valence-electron chi connectivity index (χ2n) is 6.94. The van der Waals surface area contributed by atoms with E-state index in [2.05, 4.69) is 10.3 Å². The Labute approximate surface area is 147 Å². The molecule has 3 unspecified atom stereocenters. The third kappa shape index (κ3) is 2.86. The van der Waals surface area contributed by atoms with Gasteiger partial charge in [0.05, 0.1) is 17.4 Å². The average molecular weight is 365 g/mol. The quantitative estimate of drug-likeness (QED) is 0.884. The minimum Gasteiger partial charge on any atom is -0.337 e. The fourth-order valence-corrected chi connectivity index (χ4v) is 4.03. The van der Waals surface area contributed by atoms with Crippen molar-refractivity contribution in [3.63, 3.8) is 0 Å². The molecule has 138 valence electrons. The molecule has 0 radical (unpaired) electrons. The van der Waals surface area contributed by atoms with Crippen molar-refractivity contribution in [2.24, 2.45) is 17.6 Å². The lowest BCUT2D eigenvalue weighted by molar-refractivity contribution is -0.137. The summed E-state index contributed by atoms with van der Waals surface area (Å²) in [4.78, 5) is 14.3. The van der Waals surface area contributed by atoms with E-state index < -0.39 is 11.7 Å². The Balaban J connectivity index is 1.57. The summed E-state index contributed by atoms with van der Waals surface area (Å²) < 4.78 is 40.5. The normalized spacial score (nSPS) is 25.5. The molecule has 2 fully saturated rings. The van der Waals surface area contributed by atoms with Gasteiger partial charge in [0.25, 0.3) is 5.91 Å². The highest BCUT2D eigenvalue weighted by molar-refractivity contribution is 5.92. The van der Waals surface area contributed by atoms with Gasteiger partial charge in [0.15, 0.2) is 5.69 Å². The van der Waals surface area contributed by atoms with Crippen molar-refractivity contribution in [1.29, 1.82) is 0 Å². The first kappa shape index (κ1) is 17.0. The first-order valence-electron chi connectivity index (χ1n) is 8.48. The number of likely N-dealkylation sites (tertiary alicyclic amines) is 1. The first-order valence-corrected chi connectivity index (χ1v) is 8.48. The number of halogens is 3. The van der Waals surface area contributed by atoms with Crippen LogP contribution in [0, 0.1) is 11.8 Å². The van der Waals surface area contributed by atoms with Gasteiger partial charge in [-0.05, 0) is 36.8 Å². The Morgan fingerprint density at radius 2 is 1.96 bits per heavy atom. The molecule has 2 heterocycles. The standard InChI is InChI=1S/C17H18F3N5O/c18-17(19,20)12-3-1-2-4-15(12)25-9-14(22-23-25)16(26)24-7-10-5-6-13(21)11(10)8-24/h1-4,9-11,13H,5-8,21H2. The van der Waals surface area contributed by atoms with Crippen LogP contribution in [0.5, 0.6) is 0 Å². The second-order valence-corrected chi connectivity index (χ2v) is 6.94. The summed E-state index contributed by atoms with van der Waals surface area (Å²) >= 11 is 0. The lowest BCUT2D eigenvalue weighted by atomic mass is 9.98. The molecule has 1 saturated carbocycles. The molecule has 1 aromatic heterocycles. The van der Waals surface area contributed by atoms with Gasteiger partial charge in [0, 0.05) is 19.1 Å². The van der Waals surface area contributed by atoms with E-state index in [1.54, 1.807) is 4.90 Å². The van der Waals surface area contributed by atoms with E-state index >= 15 is 0 Å². The van der Waals surface area contributed by atoms with Crippen LogP contribution in [0.3, 0.4) is 0 Å². The molecular formula is C17H18F3N5O. The Kier molecular flexibility index (Phi) is 3.98. The number of amides is 1. The molecule has 26 heavy (non-hydrogen) atoms. The number of para-hydroxylation sites is 1. The van der Waals surface area contributed by atoms with Gasteiger partial charge >= 0.3 is 6.18 Å². The molecule has 1 aromatic carbocycles. The van der Waals surface area contributed by atoms with Crippen LogP contribution in [-0.2, 0) is 6.18 Å². The highest BCUT2D eigenvalue weighted by atomic mass is 19.4. The van der Waals surface area contributed by atoms with Crippen molar-refractivity contribution in [2.45, 2.75) is 25.1 Å². The van der Waals surface area contributed by atoms with Crippen molar-refractivity contribution in [1.82, 2.24) is 19.9 Å². The topological polar surface area (TPSA) is 77.0 Å². The molecule has 2 N–H and O–H groups in total. The predicted octanol–water partition coefficient (Wildman–Crippen LogP) is 2.10. The van der Waals surface area contributed by atoms with Gasteiger partial charge in [-0.3, -0.25) is 4.79 Å². The molecule has 2 aromatic rings. The Bertz CT molecular complexity index is 834. The number of benzene rings is 1. The van der Waals surface area contributed by atoms with Crippen molar-refractivity contribution in [3.8, 4) is 5.69 Å².